The Morgan fingerprint density at radius 1 is 1.30 bits per heavy atom. The number of carboxylic acid groups (broad SMARTS) is 1. The monoisotopic (exact) mass is 283 g/mol. The molecule has 2 N–H and O–H groups in total. The minimum absolute atomic E-state index is 0.0579. The molecule has 1 saturated carbocycles. The van der Waals surface area contributed by atoms with Crippen molar-refractivity contribution < 1.29 is 19.8 Å². The first-order valence-electron chi connectivity index (χ1n) is 7.64. The average molecular weight is 283 g/mol. The number of carbonyl (C=O) groups excluding carboxylic acids is 1. The molecule has 1 aliphatic carbocycles. The van der Waals surface area contributed by atoms with Gasteiger partial charge in [0.25, 0.3) is 0 Å². The Hall–Kier alpha value is -1.10. The molecule has 5 nitrogen and oxygen atoms in total. The van der Waals surface area contributed by atoms with E-state index in [1.807, 2.05) is 0 Å². The van der Waals surface area contributed by atoms with Crippen molar-refractivity contribution in [3.8, 4) is 0 Å². The zero-order chi connectivity index (χ0) is 14.8. The van der Waals surface area contributed by atoms with Gasteiger partial charge >= 0.3 is 5.97 Å². The highest BCUT2D eigenvalue weighted by Crippen LogP contribution is 2.40. The van der Waals surface area contributed by atoms with Crippen LogP contribution in [0.2, 0.25) is 0 Å². The molecule has 1 amide bonds. The molecule has 1 heterocycles. The van der Waals surface area contributed by atoms with Crippen LogP contribution in [-0.4, -0.2) is 46.2 Å². The number of carbonyl (C=O) groups is 2. The number of aliphatic carboxylic acids is 1. The summed E-state index contributed by atoms with van der Waals surface area (Å²) in [5.74, 6) is -0.750. The van der Waals surface area contributed by atoms with Crippen molar-refractivity contribution in [1.29, 1.82) is 0 Å². The summed E-state index contributed by atoms with van der Waals surface area (Å²) in [7, 11) is 0. The van der Waals surface area contributed by atoms with Gasteiger partial charge in [0.15, 0.2) is 0 Å². The van der Waals surface area contributed by atoms with Crippen LogP contribution in [0.4, 0.5) is 0 Å². The van der Waals surface area contributed by atoms with Crippen molar-refractivity contribution in [2.24, 2.45) is 11.3 Å². The van der Waals surface area contributed by atoms with E-state index in [-0.39, 0.29) is 18.2 Å². The molecule has 0 spiro atoms. The van der Waals surface area contributed by atoms with Crippen LogP contribution in [0, 0.1) is 11.3 Å². The maximum atomic E-state index is 12.4. The third-order valence-electron chi connectivity index (χ3n) is 5.01. The molecular formula is C15H25NO4. The van der Waals surface area contributed by atoms with E-state index in [4.69, 9.17) is 0 Å². The Bertz CT molecular complexity index is 374. The van der Waals surface area contributed by atoms with Crippen molar-refractivity contribution in [3.05, 3.63) is 0 Å². The van der Waals surface area contributed by atoms with E-state index in [9.17, 15) is 19.8 Å². The van der Waals surface area contributed by atoms with Crippen LogP contribution in [0.5, 0.6) is 0 Å². The zero-order valence-corrected chi connectivity index (χ0v) is 12.2. The molecule has 1 saturated heterocycles. The molecule has 0 aromatic heterocycles. The van der Waals surface area contributed by atoms with E-state index in [1.165, 1.54) is 0 Å². The van der Waals surface area contributed by atoms with Gasteiger partial charge in [0.05, 0.1) is 11.5 Å². The maximum absolute atomic E-state index is 12.4. The number of amides is 1. The Balaban J connectivity index is 1.97. The van der Waals surface area contributed by atoms with Gasteiger partial charge in [0.1, 0.15) is 0 Å². The lowest BCUT2D eigenvalue weighted by atomic mass is 9.71. The van der Waals surface area contributed by atoms with Crippen molar-refractivity contribution in [2.75, 3.05) is 13.1 Å². The Morgan fingerprint density at radius 2 is 1.95 bits per heavy atom. The fourth-order valence-electron chi connectivity index (χ4n) is 3.50. The highest BCUT2D eigenvalue weighted by molar-refractivity contribution is 5.85. The molecule has 0 radical (unpaired) electrons. The zero-order valence-electron chi connectivity index (χ0n) is 12.2. The van der Waals surface area contributed by atoms with Gasteiger partial charge < -0.3 is 15.1 Å². The number of carboxylic acids is 1. The number of nitrogens with zero attached hydrogens (tertiary/aromatic N) is 1. The van der Waals surface area contributed by atoms with Gasteiger partial charge in [-0.1, -0.05) is 19.3 Å². The SMILES string of the molecule is CC(O)C1CCN(C(=O)CC2(C(=O)O)CCCCC2)C1. The van der Waals surface area contributed by atoms with E-state index in [1.54, 1.807) is 11.8 Å². The van der Waals surface area contributed by atoms with Crippen molar-refractivity contribution in [2.45, 2.75) is 58.0 Å². The topological polar surface area (TPSA) is 77.8 Å². The Kier molecular flexibility index (Phi) is 4.68. The van der Waals surface area contributed by atoms with E-state index >= 15 is 0 Å². The van der Waals surface area contributed by atoms with Crippen LogP contribution in [0.3, 0.4) is 0 Å². The highest BCUT2D eigenvalue weighted by atomic mass is 16.4. The molecule has 20 heavy (non-hydrogen) atoms. The molecule has 2 aliphatic rings. The maximum Gasteiger partial charge on any atom is 0.310 e. The summed E-state index contributed by atoms with van der Waals surface area (Å²) in [5.41, 5.74) is -0.849. The van der Waals surface area contributed by atoms with Gasteiger partial charge in [-0.15, -0.1) is 0 Å². The summed E-state index contributed by atoms with van der Waals surface area (Å²) < 4.78 is 0. The van der Waals surface area contributed by atoms with Crippen molar-refractivity contribution in [1.82, 2.24) is 4.90 Å². The van der Waals surface area contributed by atoms with Crippen LogP contribution in [0.15, 0.2) is 0 Å². The average Bonchev–Trinajstić information content (AvgIpc) is 2.89. The second-order valence-electron chi connectivity index (χ2n) is 6.45. The van der Waals surface area contributed by atoms with Gasteiger partial charge in [-0.2, -0.15) is 0 Å². The minimum atomic E-state index is -0.849. The molecule has 2 rings (SSSR count). The molecule has 114 valence electrons. The fraction of sp³-hybridized carbons (Fsp3) is 0.867. The Morgan fingerprint density at radius 3 is 2.45 bits per heavy atom. The normalized spacial score (nSPS) is 27.3. The first-order chi connectivity index (χ1) is 9.44. The molecular weight excluding hydrogens is 258 g/mol. The lowest BCUT2D eigenvalue weighted by Gasteiger charge is -2.33. The second kappa shape index (κ2) is 6.12. The van der Waals surface area contributed by atoms with E-state index < -0.39 is 17.5 Å². The van der Waals surface area contributed by atoms with Crippen LogP contribution >= 0.6 is 0 Å². The predicted octanol–water partition coefficient (Wildman–Crippen LogP) is 1.64. The molecule has 2 atom stereocenters. The predicted molar refractivity (Wildman–Crippen MR) is 74.1 cm³/mol. The second-order valence-corrected chi connectivity index (χ2v) is 6.45. The van der Waals surface area contributed by atoms with Gasteiger partial charge in [-0.3, -0.25) is 9.59 Å². The van der Waals surface area contributed by atoms with Gasteiger partial charge in [-0.25, -0.2) is 0 Å². The van der Waals surface area contributed by atoms with Crippen LogP contribution in [0.1, 0.15) is 51.9 Å². The largest absolute Gasteiger partial charge is 0.481 e. The van der Waals surface area contributed by atoms with Gasteiger partial charge in [0, 0.05) is 25.4 Å². The Labute approximate surface area is 120 Å². The van der Waals surface area contributed by atoms with Crippen LogP contribution < -0.4 is 0 Å². The van der Waals surface area contributed by atoms with E-state index in [0.717, 1.165) is 25.7 Å². The number of hydrogen-bond acceptors (Lipinski definition) is 3. The lowest BCUT2D eigenvalue weighted by molar-refractivity contribution is -0.155. The van der Waals surface area contributed by atoms with E-state index in [0.29, 0.717) is 25.9 Å². The quantitative estimate of drug-likeness (QED) is 0.822. The molecule has 0 aromatic rings. The lowest BCUT2D eigenvalue weighted by Crippen LogP contribution is -2.40. The van der Waals surface area contributed by atoms with Crippen molar-refractivity contribution in [3.63, 3.8) is 0 Å². The third kappa shape index (κ3) is 3.14. The molecule has 0 bridgehead atoms. The summed E-state index contributed by atoms with van der Waals surface area (Å²) in [4.78, 5) is 25.7. The van der Waals surface area contributed by atoms with Crippen LogP contribution in [0.25, 0.3) is 0 Å². The first kappa shape index (κ1) is 15.3. The summed E-state index contributed by atoms with van der Waals surface area (Å²) in [6.45, 7) is 2.95. The van der Waals surface area contributed by atoms with E-state index in [2.05, 4.69) is 0 Å². The minimum Gasteiger partial charge on any atom is -0.481 e. The molecule has 1 aliphatic heterocycles. The first-order valence-corrected chi connectivity index (χ1v) is 7.64. The number of aliphatic hydroxyl groups excluding tert-OH is 1. The van der Waals surface area contributed by atoms with Crippen molar-refractivity contribution >= 4 is 11.9 Å². The smallest absolute Gasteiger partial charge is 0.310 e. The van der Waals surface area contributed by atoms with Crippen LogP contribution in [-0.2, 0) is 9.59 Å². The van der Waals surface area contributed by atoms with Gasteiger partial charge in [-0.05, 0) is 26.2 Å². The summed E-state index contributed by atoms with van der Waals surface area (Å²) in [6.07, 6.45) is 4.61. The number of aliphatic hydroxyl groups is 1. The standard InChI is InChI=1S/C15H25NO4/c1-11(17)12-5-8-16(10-12)13(18)9-15(14(19)20)6-3-2-4-7-15/h11-12,17H,2-10H2,1H3,(H,19,20). The third-order valence-corrected chi connectivity index (χ3v) is 5.01. The summed E-state index contributed by atoms with van der Waals surface area (Å²) in [6, 6.07) is 0. The fourth-order valence-corrected chi connectivity index (χ4v) is 3.50. The molecule has 2 fully saturated rings. The molecule has 0 aromatic carbocycles. The molecule has 2 unspecified atom stereocenters. The number of likely N-dealkylation sites (tertiary alicyclic amines) is 1. The highest BCUT2D eigenvalue weighted by Gasteiger charge is 2.43. The summed E-state index contributed by atoms with van der Waals surface area (Å²) in [5, 5.41) is 19.1. The number of hydrogen-bond donors (Lipinski definition) is 2. The summed E-state index contributed by atoms with van der Waals surface area (Å²) >= 11 is 0. The van der Waals surface area contributed by atoms with Gasteiger partial charge in [0.2, 0.25) is 5.91 Å². The molecule has 5 heteroatoms. The number of rotatable bonds is 4.